The molecule has 3 heterocycles. The molecule has 1 aromatic carbocycles. The number of hydrogen-bond donors (Lipinski definition) is 3. The van der Waals surface area contributed by atoms with Gasteiger partial charge in [-0.15, -0.1) is 0 Å². The van der Waals surface area contributed by atoms with E-state index in [4.69, 9.17) is 5.73 Å². The van der Waals surface area contributed by atoms with Crippen molar-refractivity contribution in [3.05, 3.63) is 60.4 Å². The Morgan fingerprint density at radius 1 is 1.03 bits per heavy atom. The molecule has 34 heavy (non-hydrogen) atoms. The fourth-order valence-corrected chi connectivity index (χ4v) is 3.92. The Balaban J connectivity index is 1.36. The first-order valence-corrected chi connectivity index (χ1v) is 11.7. The van der Waals surface area contributed by atoms with E-state index in [-0.39, 0.29) is 0 Å². The molecule has 0 amide bonds. The molecule has 0 bridgehead atoms. The minimum atomic E-state index is 0.526. The Bertz CT molecular complexity index is 1050. The van der Waals surface area contributed by atoms with Gasteiger partial charge in [-0.3, -0.25) is 9.80 Å². The van der Waals surface area contributed by atoms with Gasteiger partial charge in [0.2, 0.25) is 5.95 Å². The lowest BCUT2D eigenvalue weighted by Gasteiger charge is -2.33. The number of hydrogen-bond acceptors (Lipinski definition) is 9. The number of anilines is 3. The fraction of sp³-hybridized carbons (Fsp3) is 0.360. The highest BCUT2D eigenvalue weighted by Crippen LogP contribution is 2.21. The number of nitrogens with zero attached hydrogens (tertiary/aromatic N) is 5. The summed E-state index contributed by atoms with van der Waals surface area (Å²) < 4.78 is 0. The molecule has 0 saturated carbocycles. The third kappa shape index (κ3) is 6.80. The van der Waals surface area contributed by atoms with Crippen molar-refractivity contribution in [3.8, 4) is 11.3 Å². The molecular weight excluding hydrogens is 428 g/mol. The van der Waals surface area contributed by atoms with Crippen LogP contribution in [0.25, 0.3) is 11.3 Å². The number of aromatic nitrogens is 3. The van der Waals surface area contributed by atoms with Gasteiger partial charge in [-0.05, 0) is 48.9 Å². The van der Waals surface area contributed by atoms with Gasteiger partial charge in [0, 0.05) is 62.9 Å². The van der Waals surface area contributed by atoms with Crippen LogP contribution in [0.2, 0.25) is 0 Å². The molecule has 4 rings (SSSR count). The van der Waals surface area contributed by atoms with Crippen LogP contribution >= 0.6 is 0 Å². The molecule has 9 nitrogen and oxygen atoms in total. The van der Waals surface area contributed by atoms with Gasteiger partial charge in [-0.2, -0.15) is 0 Å². The second-order valence-corrected chi connectivity index (χ2v) is 8.34. The van der Waals surface area contributed by atoms with Crippen molar-refractivity contribution in [3.63, 3.8) is 0 Å². The summed E-state index contributed by atoms with van der Waals surface area (Å²) >= 11 is 0. The summed E-state index contributed by atoms with van der Waals surface area (Å²) in [7, 11) is 0. The molecule has 178 valence electrons. The normalized spacial score (nSPS) is 14.6. The Morgan fingerprint density at radius 3 is 2.65 bits per heavy atom. The Morgan fingerprint density at radius 2 is 1.88 bits per heavy atom. The van der Waals surface area contributed by atoms with Crippen LogP contribution in [0.5, 0.6) is 0 Å². The Labute approximate surface area is 200 Å². The van der Waals surface area contributed by atoms with Crippen LogP contribution in [0, 0.1) is 0 Å². The quantitative estimate of drug-likeness (QED) is 0.293. The molecule has 1 saturated heterocycles. The van der Waals surface area contributed by atoms with E-state index < -0.39 is 0 Å². The maximum atomic E-state index is 10.7. The minimum absolute atomic E-state index is 0.526. The highest BCUT2D eigenvalue weighted by Gasteiger charge is 2.16. The van der Waals surface area contributed by atoms with Crippen molar-refractivity contribution in [1.82, 2.24) is 24.8 Å². The van der Waals surface area contributed by atoms with E-state index in [1.54, 1.807) is 6.20 Å². The van der Waals surface area contributed by atoms with Crippen LogP contribution in [0.3, 0.4) is 0 Å². The standard InChI is InChI=1S/C25H32N8O/c26-8-2-9-27-24-6-5-21(18-29-24)23-7-10-28-25(31-23)30-22-4-1-3-20(17-22)19-33-13-11-32(12-14-33)15-16-34/h1,3-7,10,16-18H,2,8-9,11-15,19,26H2,(H,27,29)(H,28,30,31). The predicted molar refractivity (Wildman–Crippen MR) is 135 cm³/mol. The molecule has 0 spiro atoms. The maximum absolute atomic E-state index is 10.7. The largest absolute Gasteiger partial charge is 0.370 e. The summed E-state index contributed by atoms with van der Waals surface area (Å²) in [4.78, 5) is 28.8. The van der Waals surface area contributed by atoms with Crippen molar-refractivity contribution in [2.24, 2.45) is 5.73 Å². The van der Waals surface area contributed by atoms with Crippen molar-refractivity contribution in [2.45, 2.75) is 13.0 Å². The average molecular weight is 461 g/mol. The monoisotopic (exact) mass is 460 g/mol. The van der Waals surface area contributed by atoms with Crippen molar-refractivity contribution in [2.75, 3.05) is 56.4 Å². The van der Waals surface area contributed by atoms with E-state index in [1.807, 2.05) is 36.5 Å². The smallest absolute Gasteiger partial charge is 0.227 e. The first kappa shape index (κ1) is 23.7. The van der Waals surface area contributed by atoms with Crippen LogP contribution in [0.1, 0.15) is 12.0 Å². The second kappa shape index (κ2) is 12.2. The second-order valence-electron chi connectivity index (χ2n) is 8.34. The van der Waals surface area contributed by atoms with E-state index in [9.17, 15) is 4.79 Å². The summed E-state index contributed by atoms with van der Waals surface area (Å²) in [6.45, 7) is 6.65. The van der Waals surface area contributed by atoms with Gasteiger partial charge in [-0.1, -0.05) is 12.1 Å². The summed E-state index contributed by atoms with van der Waals surface area (Å²) in [6.07, 6.45) is 5.45. The molecule has 1 fully saturated rings. The third-order valence-electron chi connectivity index (χ3n) is 5.79. The Hall–Kier alpha value is -3.40. The minimum Gasteiger partial charge on any atom is -0.370 e. The van der Waals surface area contributed by atoms with Gasteiger partial charge in [0.15, 0.2) is 0 Å². The molecule has 3 aromatic rings. The van der Waals surface area contributed by atoms with Gasteiger partial charge in [0.25, 0.3) is 0 Å². The van der Waals surface area contributed by atoms with Gasteiger partial charge >= 0.3 is 0 Å². The van der Waals surface area contributed by atoms with E-state index >= 15 is 0 Å². The lowest BCUT2D eigenvalue weighted by molar-refractivity contribution is -0.109. The zero-order chi connectivity index (χ0) is 23.6. The summed E-state index contributed by atoms with van der Waals surface area (Å²) in [5.41, 5.74) is 9.45. The summed E-state index contributed by atoms with van der Waals surface area (Å²) in [5.74, 6) is 1.37. The lowest BCUT2D eigenvalue weighted by Crippen LogP contribution is -2.46. The highest BCUT2D eigenvalue weighted by atomic mass is 16.1. The zero-order valence-electron chi connectivity index (χ0n) is 19.4. The molecule has 0 unspecified atom stereocenters. The van der Waals surface area contributed by atoms with Crippen molar-refractivity contribution < 1.29 is 4.79 Å². The fourth-order valence-electron chi connectivity index (χ4n) is 3.92. The topological polar surface area (TPSA) is 112 Å². The predicted octanol–water partition coefficient (Wildman–Crippen LogP) is 2.36. The van der Waals surface area contributed by atoms with Gasteiger partial charge < -0.3 is 21.2 Å². The summed E-state index contributed by atoms with van der Waals surface area (Å²) in [6, 6.07) is 14.2. The molecule has 9 heteroatoms. The number of rotatable bonds is 11. The molecule has 0 atom stereocenters. The number of carbonyl (C=O) groups is 1. The number of pyridine rings is 1. The molecular formula is C25H32N8O. The number of nitrogens with one attached hydrogen (secondary N) is 2. The van der Waals surface area contributed by atoms with Crippen LogP contribution < -0.4 is 16.4 Å². The number of benzene rings is 1. The molecule has 0 aliphatic carbocycles. The van der Waals surface area contributed by atoms with Gasteiger partial charge in [-0.25, -0.2) is 15.0 Å². The maximum Gasteiger partial charge on any atom is 0.227 e. The van der Waals surface area contributed by atoms with E-state index in [0.29, 0.717) is 19.0 Å². The number of carbonyl (C=O) groups excluding carboxylic acids is 1. The van der Waals surface area contributed by atoms with Crippen molar-refractivity contribution >= 4 is 23.7 Å². The zero-order valence-corrected chi connectivity index (χ0v) is 19.4. The van der Waals surface area contributed by atoms with E-state index in [2.05, 4.69) is 47.5 Å². The van der Waals surface area contributed by atoms with Crippen LogP contribution in [-0.4, -0.2) is 76.9 Å². The molecule has 2 aromatic heterocycles. The van der Waals surface area contributed by atoms with Crippen LogP contribution in [0.15, 0.2) is 54.9 Å². The third-order valence-corrected chi connectivity index (χ3v) is 5.79. The lowest BCUT2D eigenvalue weighted by atomic mass is 10.1. The average Bonchev–Trinajstić information content (AvgIpc) is 2.86. The van der Waals surface area contributed by atoms with Gasteiger partial charge in [0.05, 0.1) is 12.2 Å². The number of piperazine rings is 1. The van der Waals surface area contributed by atoms with Crippen molar-refractivity contribution in [1.29, 1.82) is 0 Å². The number of nitrogens with two attached hydrogens (primary N) is 1. The Kier molecular flexibility index (Phi) is 8.50. The SMILES string of the molecule is NCCCNc1ccc(-c2ccnc(Nc3cccc(CN4CCN(CC=O)CC4)c3)n2)cn1. The highest BCUT2D eigenvalue weighted by molar-refractivity contribution is 5.62. The van der Waals surface area contributed by atoms with Crippen LogP contribution in [0.4, 0.5) is 17.5 Å². The van der Waals surface area contributed by atoms with Crippen LogP contribution in [-0.2, 0) is 11.3 Å². The number of aldehydes is 1. The summed E-state index contributed by atoms with van der Waals surface area (Å²) in [5, 5.41) is 6.58. The molecule has 1 aliphatic rings. The first-order chi connectivity index (χ1) is 16.7. The van der Waals surface area contributed by atoms with E-state index in [1.165, 1.54) is 5.56 Å². The molecule has 1 aliphatic heterocycles. The molecule has 4 N–H and O–H groups in total. The molecule has 0 radical (unpaired) electrons. The first-order valence-electron chi connectivity index (χ1n) is 11.7. The van der Waals surface area contributed by atoms with E-state index in [0.717, 1.165) is 74.7 Å². The van der Waals surface area contributed by atoms with Gasteiger partial charge in [0.1, 0.15) is 12.1 Å².